The minimum atomic E-state index is 0.619. The van der Waals surface area contributed by atoms with E-state index in [4.69, 9.17) is 4.74 Å². The molecule has 2 heterocycles. The van der Waals surface area contributed by atoms with Crippen molar-refractivity contribution in [3.63, 3.8) is 0 Å². The summed E-state index contributed by atoms with van der Waals surface area (Å²) in [4.78, 5) is 8.10. The first-order valence-electron chi connectivity index (χ1n) is 5.47. The molecule has 4 heteroatoms. The third kappa shape index (κ3) is 3.16. The summed E-state index contributed by atoms with van der Waals surface area (Å²) in [7, 11) is 0. The molecule has 1 atom stereocenters. The lowest BCUT2D eigenvalue weighted by Gasteiger charge is -2.22. The first-order chi connectivity index (χ1) is 7.34. The van der Waals surface area contributed by atoms with Crippen molar-refractivity contribution >= 4 is 0 Å². The molecule has 0 aromatic carbocycles. The molecule has 1 saturated heterocycles. The topological polar surface area (TPSA) is 47.0 Å². The van der Waals surface area contributed by atoms with Gasteiger partial charge in [-0.15, -0.1) is 0 Å². The monoisotopic (exact) mass is 207 g/mol. The van der Waals surface area contributed by atoms with Crippen LogP contribution in [-0.2, 0) is 0 Å². The SMILES string of the molecule is Cc1cc(OCC2CCCNC2)ncn1. The maximum absolute atomic E-state index is 5.64. The van der Waals surface area contributed by atoms with Crippen molar-refractivity contribution in [3.8, 4) is 5.88 Å². The molecule has 1 unspecified atom stereocenters. The number of nitrogens with one attached hydrogen (secondary N) is 1. The molecule has 1 N–H and O–H groups in total. The third-order valence-corrected chi connectivity index (χ3v) is 2.64. The molecular formula is C11H17N3O. The largest absolute Gasteiger partial charge is 0.477 e. The lowest BCUT2D eigenvalue weighted by molar-refractivity contribution is 0.211. The highest BCUT2D eigenvalue weighted by Gasteiger charge is 2.13. The lowest BCUT2D eigenvalue weighted by Crippen LogP contribution is -2.33. The van der Waals surface area contributed by atoms with Gasteiger partial charge in [0, 0.05) is 24.2 Å². The predicted octanol–water partition coefficient (Wildman–Crippen LogP) is 1.16. The standard InChI is InChI=1S/C11H17N3O/c1-9-5-11(14-8-13-9)15-7-10-3-2-4-12-6-10/h5,8,10,12H,2-4,6-7H2,1H3. The summed E-state index contributed by atoms with van der Waals surface area (Å²) in [6.45, 7) is 4.90. The molecule has 1 fully saturated rings. The maximum atomic E-state index is 5.64. The number of nitrogens with zero attached hydrogens (tertiary/aromatic N) is 2. The second kappa shape index (κ2) is 5.07. The molecule has 0 spiro atoms. The molecule has 82 valence electrons. The van der Waals surface area contributed by atoms with E-state index >= 15 is 0 Å². The molecule has 1 aromatic rings. The van der Waals surface area contributed by atoms with Crippen LogP contribution in [0.3, 0.4) is 0 Å². The van der Waals surface area contributed by atoms with Crippen LogP contribution in [0.4, 0.5) is 0 Å². The number of aryl methyl sites for hydroxylation is 1. The third-order valence-electron chi connectivity index (χ3n) is 2.64. The minimum absolute atomic E-state index is 0.619. The Labute approximate surface area is 90.1 Å². The van der Waals surface area contributed by atoms with Gasteiger partial charge in [-0.3, -0.25) is 0 Å². The number of rotatable bonds is 3. The highest BCUT2D eigenvalue weighted by atomic mass is 16.5. The Morgan fingerprint density at radius 2 is 2.47 bits per heavy atom. The fourth-order valence-corrected chi connectivity index (χ4v) is 1.78. The van der Waals surface area contributed by atoms with Gasteiger partial charge in [-0.1, -0.05) is 0 Å². The Morgan fingerprint density at radius 1 is 1.53 bits per heavy atom. The molecule has 1 aliphatic rings. The van der Waals surface area contributed by atoms with Crippen LogP contribution in [0, 0.1) is 12.8 Å². The molecule has 4 nitrogen and oxygen atoms in total. The van der Waals surface area contributed by atoms with Crippen LogP contribution >= 0.6 is 0 Å². The van der Waals surface area contributed by atoms with Gasteiger partial charge in [0.2, 0.25) is 5.88 Å². The van der Waals surface area contributed by atoms with Gasteiger partial charge in [-0.05, 0) is 26.3 Å². The number of aromatic nitrogens is 2. The number of piperidine rings is 1. The second-order valence-corrected chi connectivity index (χ2v) is 4.02. The summed E-state index contributed by atoms with van der Waals surface area (Å²) in [5, 5.41) is 3.37. The zero-order chi connectivity index (χ0) is 10.5. The van der Waals surface area contributed by atoms with Crippen molar-refractivity contribution in [2.24, 2.45) is 5.92 Å². The van der Waals surface area contributed by atoms with E-state index in [1.165, 1.54) is 12.8 Å². The van der Waals surface area contributed by atoms with E-state index in [1.807, 2.05) is 13.0 Å². The van der Waals surface area contributed by atoms with Crippen molar-refractivity contribution < 1.29 is 4.74 Å². The lowest BCUT2D eigenvalue weighted by atomic mass is 10.0. The zero-order valence-electron chi connectivity index (χ0n) is 9.07. The van der Waals surface area contributed by atoms with Crippen LogP contribution in [-0.4, -0.2) is 29.7 Å². The van der Waals surface area contributed by atoms with E-state index in [1.54, 1.807) is 6.33 Å². The summed E-state index contributed by atoms with van der Waals surface area (Å²) < 4.78 is 5.64. The van der Waals surface area contributed by atoms with Gasteiger partial charge in [0.05, 0.1) is 6.61 Å². The molecule has 0 aliphatic carbocycles. The normalized spacial score (nSPS) is 21.3. The first kappa shape index (κ1) is 10.4. The van der Waals surface area contributed by atoms with Gasteiger partial charge in [-0.25, -0.2) is 9.97 Å². The van der Waals surface area contributed by atoms with E-state index in [2.05, 4.69) is 15.3 Å². The van der Waals surface area contributed by atoms with Crippen molar-refractivity contribution in [2.75, 3.05) is 19.7 Å². The van der Waals surface area contributed by atoms with E-state index in [-0.39, 0.29) is 0 Å². The van der Waals surface area contributed by atoms with Crippen LogP contribution < -0.4 is 10.1 Å². The van der Waals surface area contributed by atoms with Crippen molar-refractivity contribution in [1.29, 1.82) is 0 Å². The van der Waals surface area contributed by atoms with E-state index < -0.39 is 0 Å². The Bertz CT molecular complexity index is 310. The van der Waals surface area contributed by atoms with Crippen LogP contribution in [0.15, 0.2) is 12.4 Å². The van der Waals surface area contributed by atoms with Gasteiger partial charge in [0.1, 0.15) is 6.33 Å². The Hall–Kier alpha value is -1.16. The van der Waals surface area contributed by atoms with Gasteiger partial charge in [0.25, 0.3) is 0 Å². The highest BCUT2D eigenvalue weighted by molar-refractivity contribution is 5.11. The molecule has 0 amide bonds. The molecule has 15 heavy (non-hydrogen) atoms. The van der Waals surface area contributed by atoms with Crippen LogP contribution in [0.2, 0.25) is 0 Å². The molecule has 1 aromatic heterocycles. The summed E-state index contributed by atoms with van der Waals surface area (Å²) in [5.74, 6) is 1.31. The fraction of sp³-hybridized carbons (Fsp3) is 0.636. The molecule has 0 bridgehead atoms. The summed E-state index contributed by atoms with van der Waals surface area (Å²) >= 11 is 0. The Kier molecular flexibility index (Phi) is 3.50. The average molecular weight is 207 g/mol. The average Bonchev–Trinajstić information content (AvgIpc) is 2.28. The Balaban J connectivity index is 1.81. The molecular weight excluding hydrogens is 190 g/mol. The molecule has 0 radical (unpaired) electrons. The fourth-order valence-electron chi connectivity index (χ4n) is 1.78. The highest BCUT2D eigenvalue weighted by Crippen LogP contribution is 2.12. The van der Waals surface area contributed by atoms with Gasteiger partial charge in [-0.2, -0.15) is 0 Å². The van der Waals surface area contributed by atoms with Gasteiger partial charge < -0.3 is 10.1 Å². The van der Waals surface area contributed by atoms with Crippen LogP contribution in [0.25, 0.3) is 0 Å². The molecule has 2 rings (SSSR count). The summed E-state index contributed by atoms with van der Waals surface area (Å²) in [6.07, 6.45) is 4.04. The van der Waals surface area contributed by atoms with E-state index in [0.717, 1.165) is 25.4 Å². The summed E-state index contributed by atoms with van der Waals surface area (Å²) in [5.41, 5.74) is 0.946. The Morgan fingerprint density at radius 3 is 3.20 bits per heavy atom. The molecule has 0 saturated carbocycles. The smallest absolute Gasteiger partial charge is 0.216 e. The first-order valence-corrected chi connectivity index (χ1v) is 5.47. The van der Waals surface area contributed by atoms with Gasteiger partial charge in [0.15, 0.2) is 0 Å². The van der Waals surface area contributed by atoms with E-state index in [9.17, 15) is 0 Å². The predicted molar refractivity (Wildman–Crippen MR) is 57.9 cm³/mol. The minimum Gasteiger partial charge on any atom is -0.477 e. The summed E-state index contributed by atoms with van der Waals surface area (Å²) in [6, 6.07) is 1.87. The van der Waals surface area contributed by atoms with E-state index in [0.29, 0.717) is 11.8 Å². The van der Waals surface area contributed by atoms with Crippen LogP contribution in [0.5, 0.6) is 5.88 Å². The van der Waals surface area contributed by atoms with Crippen molar-refractivity contribution in [2.45, 2.75) is 19.8 Å². The maximum Gasteiger partial charge on any atom is 0.216 e. The van der Waals surface area contributed by atoms with Gasteiger partial charge >= 0.3 is 0 Å². The number of hydrogen-bond donors (Lipinski definition) is 1. The quantitative estimate of drug-likeness (QED) is 0.808. The zero-order valence-corrected chi connectivity index (χ0v) is 9.07. The second-order valence-electron chi connectivity index (χ2n) is 4.02. The van der Waals surface area contributed by atoms with Crippen molar-refractivity contribution in [3.05, 3.63) is 18.1 Å². The number of hydrogen-bond acceptors (Lipinski definition) is 4. The van der Waals surface area contributed by atoms with Crippen LogP contribution in [0.1, 0.15) is 18.5 Å². The van der Waals surface area contributed by atoms with Crippen molar-refractivity contribution in [1.82, 2.24) is 15.3 Å². The molecule has 1 aliphatic heterocycles. The number of ether oxygens (including phenoxy) is 1.